The van der Waals surface area contributed by atoms with Gasteiger partial charge in [0.05, 0.1) is 18.1 Å². The summed E-state index contributed by atoms with van der Waals surface area (Å²) in [6, 6.07) is 13.3. The number of aryl methyl sites for hydroxylation is 1. The van der Waals surface area contributed by atoms with Crippen molar-refractivity contribution in [2.45, 2.75) is 24.7 Å². The van der Waals surface area contributed by atoms with Crippen molar-refractivity contribution in [2.24, 2.45) is 0 Å². The summed E-state index contributed by atoms with van der Waals surface area (Å²) in [5.74, 6) is 1.12. The van der Waals surface area contributed by atoms with Gasteiger partial charge in [0.25, 0.3) is 0 Å². The Balaban J connectivity index is 1.52. The highest BCUT2D eigenvalue weighted by Gasteiger charge is 2.28. The lowest BCUT2D eigenvalue weighted by Gasteiger charge is -2.24. The molecule has 2 aromatic carbocycles. The highest BCUT2D eigenvalue weighted by molar-refractivity contribution is 7.89. The fourth-order valence-corrected chi connectivity index (χ4v) is 5.09. The molecule has 0 bridgehead atoms. The Hall–Kier alpha value is -2.25. The van der Waals surface area contributed by atoms with Crippen molar-refractivity contribution >= 4 is 15.7 Å². The minimum Gasteiger partial charge on any atom is -0.490 e. The fraction of sp³-hybridized carbons (Fsp3) is 0.429. The molecule has 7 heteroatoms. The Morgan fingerprint density at radius 2 is 1.57 bits per heavy atom. The molecule has 28 heavy (non-hydrogen) atoms. The first-order valence-corrected chi connectivity index (χ1v) is 11.2. The van der Waals surface area contributed by atoms with Crippen LogP contribution in [0.15, 0.2) is 47.4 Å². The normalized spacial score (nSPS) is 18.4. The molecule has 2 aliphatic rings. The molecule has 2 aromatic rings. The maximum Gasteiger partial charge on any atom is 0.243 e. The number of rotatable bonds is 3. The van der Waals surface area contributed by atoms with Crippen molar-refractivity contribution in [3.63, 3.8) is 0 Å². The number of benzene rings is 2. The van der Waals surface area contributed by atoms with Crippen LogP contribution in [0, 0.1) is 6.92 Å². The molecule has 1 saturated heterocycles. The highest BCUT2D eigenvalue weighted by Crippen LogP contribution is 2.33. The van der Waals surface area contributed by atoms with Crippen molar-refractivity contribution in [3.8, 4) is 11.5 Å². The quantitative estimate of drug-likeness (QED) is 0.790. The summed E-state index contributed by atoms with van der Waals surface area (Å²) in [6.07, 6.45) is 1.58. The van der Waals surface area contributed by atoms with Crippen LogP contribution >= 0.6 is 0 Å². The molecule has 150 valence electrons. The van der Waals surface area contributed by atoms with Crippen molar-refractivity contribution in [1.29, 1.82) is 0 Å². The van der Waals surface area contributed by atoms with Crippen LogP contribution in [0.3, 0.4) is 0 Å². The van der Waals surface area contributed by atoms with Gasteiger partial charge in [-0.25, -0.2) is 8.42 Å². The Bertz CT molecular complexity index is 928. The molecule has 6 nitrogen and oxygen atoms in total. The number of hydrogen-bond acceptors (Lipinski definition) is 5. The summed E-state index contributed by atoms with van der Waals surface area (Å²) < 4.78 is 39.3. The van der Waals surface area contributed by atoms with Crippen LogP contribution in [-0.4, -0.2) is 52.1 Å². The van der Waals surface area contributed by atoms with Crippen LogP contribution in [0.4, 0.5) is 5.69 Å². The molecular formula is C21H26N2O4S. The lowest BCUT2D eigenvalue weighted by molar-refractivity contribution is 0.296. The molecule has 2 aliphatic heterocycles. The van der Waals surface area contributed by atoms with Gasteiger partial charge in [0.15, 0.2) is 11.5 Å². The number of ether oxygens (including phenoxy) is 2. The number of sulfonamides is 1. The molecule has 0 atom stereocenters. The van der Waals surface area contributed by atoms with Crippen molar-refractivity contribution in [3.05, 3.63) is 48.0 Å². The largest absolute Gasteiger partial charge is 0.490 e. The van der Waals surface area contributed by atoms with E-state index >= 15 is 0 Å². The van der Waals surface area contributed by atoms with E-state index in [2.05, 4.69) is 36.1 Å². The molecule has 0 aromatic heterocycles. The van der Waals surface area contributed by atoms with Crippen LogP contribution in [0.25, 0.3) is 0 Å². The zero-order chi connectivity index (χ0) is 19.6. The smallest absolute Gasteiger partial charge is 0.243 e. The minimum atomic E-state index is -3.57. The first kappa shape index (κ1) is 19.1. The van der Waals surface area contributed by atoms with Gasteiger partial charge in [-0.15, -0.1) is 0 Å². The van der Waals surface area contributed by atoms with E-state index in [0.29, 0.717) is 44.3 Å². The molecule has 2 heterocycles. The molecule has 0 unspecified atom stereocenters. The van der Waals surface area contributed by atoms with Gasteiger partial charge in [0, 0.05) is 44.4 Å². The molecule has 1 fully saturated rings. The zero-order valence-corrected chi connectivity index (χ0v) is 17.0. The molecular weight excluding hydrogens is 376 g/mol. The third-order valence-corrected chi connectivity index (χ3v) is 7.11. The second kappa shape index (κ2) is 8.01. The molecule has 0 spiro atoms. The first-order valence-electron chi connectivity index (χ1n) is 9.75. The zero-order valence-electron chi connectivity index (χ0n) is 16.1. The summed E-state index contributed by atoms with van der Waals surface area (Å²) in [6.45, 7) is 5.68. The van der Waals surface area contributed by atoms with Gasteiger partial charge in [0.2, 0.25) is 10.0 Å². The van der Waals surface area contributed by atoms with E-state index in [1.807, 2.05) is 0 Å². The second-order valence-electron chi connectivity index (χ2n) is 7.24. The summed E-state index contributed by atoms with van der Waals surface area (Å²) in [4.78, 5) is 2.52. The first-order chi connectivity index (χ1) is 13.5. The van der Waals surface area contributed by atoms with Gasteiger partial charge in [0.1, 0.15) is 0 Å². The molecule has 4 rings (SSSR count). The fourth-order valence-electron chi connectivity index (χ4n) is 3.60. The van der Waals surface area contributed by atoms with E-state index < -0.39 is 10.0 Å². The van der Waals surface area contributed by atoms with Crippen LogP contribution in [0.2, 0.25) is 0 Å². The number of fused-ring (bicyclic) bond motifs is 1. The molecule has 0 radical (unpaired) electrons. The number of hydrogen-bond donors (Lipinski definition) is 0. The average molecular weight is 403 g/mol. The van der Waals surface area contributed by atoms with Gasteiger partial charge < -0.3 is 14.4 Å². The molecule has 0 N–H and O–H groups in total. The van der Waals surface area contributed by atoms with Crippen LogP contribution in [-0.2, 0) is 10.0 Å². The number of nitrogens with zero attached hydrogens (tertiary/aromatic N) is 2. The van der Waals surface area contributed by atoms with Crippen LogP contribution < -0.4 is 14.4 Å². The van der Waals surface area contributed by atoms with Gasteiger partial charge >= 0.3 is 0 Å². The average Bonchev–Trinajstić information content (AvgIpc) is 3.09. The van der Waals surface area contributed by atoms with Gasteiger partial charge in [-0.2, -0.15) is 4.31 Å². The van der Waals surface area contributed by atoms with E-state index in [4.69, 9.17) is 9.47 Å². The lowest BCUT2D eigenvalue weighted by Crippen LogP contribution is -2.35. The van der Waals surface area contributed by atoms with E-state index in [9.17, 15) is 8.42 Å². The van der Waals surface area contributed by atoms with Gasteiger partial charge in [-0.1, -0.05) is 17.7 Å². The van der Waals surface area contributed by atoms with E-state index in [-0.39, 0.29) is 4.90 Å². The SMILES string of the molecule is Cc1ccc(N2CCCN(S(=O)(=O)c3ccc4c(c3)OCCCO4)CC2)cc1. The van der Waals surface area contributed by atoms with Crippen molar-refractivity contribution in [2.75, 3.05) is 44.3 Å². The van der Waals surface area contributed by atoms with E-state index in [1.165, 1.54) is 5.56 Å². The summed E-state index contributed by atoms with van der Waals surface area (Å²) >= 11 is 0. The predicted molar refractivity (Wildman–Crippen MR) is 109 cm³/mol. The predicted octanol–water partition coefficient (Wildman–Crippen LogP) is 3.06. The molecule has 0 saturated carbocycles. The van der Waals surface area contributed by atoms with Gasteiger partial charge in [-0.05, 0) is 37.6 Å². The third kappa shape index (κ3) is 3.95. The monoisotopic (exact) mass is 402 g/mol. The summed E-state index contributed by atoms with van der Waals surface area (Å²) in [7, 11) is -3.57. The van der Waals surface area contributed by atoms with Crippen molar-refractivity contribution in [1.82, 2.24) is 4.31 Å². The van der Waals surface area contributed by atoms with Crippen molar-refractivity contribution < 1.29 is 17.9 Å². The van der Waals surface area contributed by atoms with Crippen LogP contribution in [0.5, 0.6) is 11.5 Å². The minimum absolute atomic E-state index is 0.264. The molecule has 0 aliphatic carbocycles. The second-order valence-corrected chi connectivity index (χ2v) is 9.18. The maximum atomic E-state index is 13.2. The maximum absolute atomic E-state index is 13.2. The summed E-state index contributed by atoms with van der Waals surface area (Å²) in [5.41, 5.74) is 2.36. The number of anilines is 1. The Kier molecular flexibility index (Phi) is 5.46. The van der Waals surface area contributed by atoms with Gasteiger partial charge in [-0.3, -0.25) is 0 Å². The standard InChI is InChI=1S/C21H26N2O4S/c1-17-4-6-18(7-5-17)22-10-2-11-23(13-12-22)28(24,25)19-8-9-20-21(16-19)27-15-3-14-26-20/h4-9,16H,2-3,10-15H2,1H3. The van der Waals surface area contributed by atoms with Crippen LogP contribution in [0.1, 0.15) is 18.4 Å². The Labute approximate surface area is 166 Å². The topological polar surface area (TPSA) is 59.1 Å². The van der Waals surface area contributed by atoms with E-state index in [0.717, 1.165) is 25.1 Å². The Morgan fingerprint density at radius 1 is 0.821 bits per heavy atom. The summed E-state index contributed by atoms with van der Waals surface area (Å²) in [5, 5.41) is 0. The Morgan fingerprint density at radius 3 is 2.36 bits per heavy atom. The highest BCUT2D eigenvalue weighted by atomic mass is 32.2. The third-order valence-electron chi connectivity index (χ3n) is 5.21. The molecule has 0 amide bonds. The van der Waals surface area contributed by atoms with E-state index in [1.54, 1.807) is 22.5 Å². The lowest BCUT2D eigenvalue weighted by atomic mass is 10.2.